The number of fused-ring (bicyclic) bond motifs is 1. The van der Waals surface area contributed by atoms with Crippen molar-refractivity contribution in [1.29, 1.82) is 0 Å². The zero-order valence-corrected chi connectivity index (χ0v) is 9.35. The highest BCUT2D eigenvalue weighted by Gasteiger charge is 2.13. The predicted molar refractivity (Wildman–Crippen MR) is 66.2 cm³/mol. The number of hydrogen-bond donors (Lipinski definition) is 1. The molecular formula is C14H13NO2. The van der Waals surface area contributed by atoms with Crippen LogP contribution in [0.1, 0.15) is 11.1 Å². The Bertz CT molecular complexity index is 552. The molecule has 1 aliphatic heterocycles. The Morgan fingerprint density at radius 1 is 1.00 bits per heavy atom. The summed E-state index contributed by atoms with van der Waals surface area (Å²) in [6, 6.07) is 13.9. The Labute approximate surface area is 99.8 Å². The highest BCUT2D eigenvalue weighted by Crippen LogP contribution is 2.33. The second kappa shape index (κ2) is 4.01. The van der Waals surface area contributed by atoms with Crippen molar-refractivity contribution in [1.82, 2.24) is 0 Å². The molecule has 0 amide bonds. The van der Waals surface area contributed by atoms with E-state index in [-0.39, 0.29) is 0 Å². The summed E-state index contributed by atoms with van der Waals surface area (Å²) >= 11 is 0. The van der Waals surface area contributed by atoms with E-state index in [1.165, 1.54) is 5.56 Å². The maximum absolute atomic E-state index is 5.93. The summed E-state index contributed by atoms with van der Waals surface area (Å²) in [6.45, 7) is 0.312. The van der Waals surface area contributed by atoms with Gasteiger partial charge in [0, 0.05) is 5.69 Å². The predicted octanol–water partition coefficient (Wildman–Crippen LogP) is 2.59. The third kappa shape index (κ3) is 1.91. The van der Waals surface area contributed by atoms with Gasteiger partial charge in [-0.05, 0) is 35.7 Å². The number of para-hydroxylation sites is 1. The standard InChI is InChI=1S/C14H13NO2/c15-12-4-2-1-3-11(12)7-10-5-6-13-14(8-10)17-9-16-13/h1-6,8H,7,9,15H2. The number of rotatable bonds is 2. The minimum absolute atomic E-state index is 0.312. The molecule has 0 aliphatic carbocycles. The maximum atomic E-state index is 5.93. The van der Waals surface area contributed by atoms with Crippen LogP contribution >= 0.6 is 0 Å². The second-order valence-electron chi connectivity index (χ2n) is 4.06. The van der Waals surface area contributed by atoms with Crippen LogP contribution in [-0.2, 0) is 6.42 Å². The largest absolute Gasteiger partial charge is 0.454 e. The van der Waals surface area contributed by atoms with Crippen molar-refractivity contribution < 1.29 is 9.47 Å². The fourth-order valence-electron chi connectivity index (χ4n) is 1.97. The molecule has 2 N–H and O–H groups in total. The quantitative estimate of drug-likeness (QED) is 0.802. The molecule has 17 heavy (non-hydrogen) atoms. The summed E-state index contributed by atoms with van der Waals surface area (Å²) in [6.07, 6.45) is 0.809. The van der Waals surface area contributed by atoms with E-state index in [1.54, 1.807) is 0 Å². The number of anilines is 1. The van der Waals surface area contributed by atoms with Crippen molar-refractivity contribution in [2.75, 3.05) is 12.5 Å². The molecule has 0 radical (unpaired) electrons. The molecule has 2 aromatic rings. The van der Waals surface area contributed by atoms with Gasteiger partial charge in [0.15, 0.2) is 11.5 Å². The summed E-state index contributed by atoms with van der Waals surface area (Å²) in [4.78, 5) is 0. The topological polar surface area (TPSA) is 44.5 Å². The van der Waals surface area contributed by atoms with Gasteiger partial charge in [-0.1, -0.05) is 24.3 Å². The Hall–Kier alpha value is -2.16. The van der Waals surface area contributed by atoms with Gasteiger partial charge in [0.25, 0.3) is 0 Å². The highest BCUT2D eigenvalue weighted by molar-refractivity contribution is 5.51. The van der Waals surface area contributed by atoms with Crippen molar-refractivity contribution in [2.45, 2.75) is 6.42 Å². The van der Waals surface area contributed by atoms with Crippen molar-refractivity contribution in [3.8, 4) is 11.5 Å². The zero-order chi connectivity index (χ0) is 11.7. The second-order valence-corrected chi connectivity index (χ2v) is 4.06. The molecule has 0 unspecified atom stereocenters. The lowest BCUT2D eigenvalue weighted by molar-refractivity contribution is 0.174. The van der Waals surface area contributed by atoms with Gasteiger partial charge in [-0.3, -0.25) is 0 Å². The smallest absolute Gasteiger partial charge is 0.231 e. The normalized spacial score (nSPS) is 12.7. The Morgan fingerprint density at radius 2 is 1.82 bits per heavy atom. The molecule has 0 atom stereocenters. The third-order valence-electron chi connectivity index (χ3n) is 2.89. The first-order valence-electron chi connectivity index (χ1n) is 5.55. The van der Waals surface area contributed by atoms with E-state index in [9.17, 15) is 0 Å². The summed E-state index contributed by atoms with van der Waals surface area (Å²) in [7, 11) is 0. The fraction of sp³-hybridized carbons (Fsp3) is 0.143. The van der Waals surface area contributed by atoms with E-state index in [0.29, 0.717) is 6.79 Å². The molecule has 2 aromatic carbocycles. The summed E-state index contributed by atoms with van der Waals surface area (Å²) in [5.41, 5.74) is 9.05. The number of nitrogen functional groups attached to an aromatic ring is 1. The van der Waals surface area contributed by atoms with E-state index in [0.717, 1.165) is 29.2 Å². The average molecular weight is 227 g/mol. The van der Waals surface area contributed by atoms with Crippen LogP contribution in [-0.4, -0.2) is 6.79 Å². The van der Waals surface area contributed by atoms with Crippen molar-refractivity contribution >= 4 is 5.69 Å². The molecule has 0 bridgehead atoms. The lowest BCUT2D eigenvalue weighted by Crippen LogP contribution is -1.95. The monoisotopic (exact) mass is 227 g/mol. The van der Waals surface area contributed by atoms with Crippen LogP contribution in [0.3, 0.4) is 0 Å². The van der Waals surface area contributed by atoms with Crippen LogP contribution in [0.15, 0.2) is 42.5 Å². The minimum Gasteiger partial charge on any atom is -0.454 e. The van der Waals surface area contributed by atoms with Crippen LogP contribution in [0.4, 0.5) is 5.69 Å². The van der Waals surface area contributed by atoms with Crippen molar-refractivity contribution in [2.24, 2.45) is 0 Å². The molecule has 3 nitrogen and oxygen atoms in total. The summed E-state index contributed by atoms with van der Waals surface area (Å²) in [5.74, 6) is 1.63. The molecule has 3 rings (SSSR count). The maximum Gasteiger partial charge on any atom is 0.231 e. The van der Waals surface area contributed by atoms with Gasteiger partial charge in [-0.25, -0.2) is 0 Å². The lowest BCUT2D eigenvalue weighted by Gasteiger charge is -2.06. The molecule has 86 valence electrons. The van der Waals surface area contributed by atoms with Gasteiger partial charge in [-0.2, -0.15) is 0 Å². The summed E-state index contributed by atoms with van der Waals surface area (Å²) < 4.78 is 10.6. The van der Waals surface area contributed by atoms with Crippen LogP contribution < -0.4 is 15.2 Å². The average Bonchev–Trinajstić information content (AvgIpc) is 2.79. The molecule has 3 heteroatoms. The lowest BCUT2D eigenvalue weighted by atomic mass is 10.0. The Balaban J connectivity index is 1.89. The molecule has 1 aliphatic rings. The molecule has 0 saturated heterocycles. The van der Waals surface area contributed by atoms with Gasteiger partial charge in [0.1, 0.15) is 0 Å². The van der Waals surface area contributed by atoms with Gasteiger partial charge < -0.3 is 15.2 Å². The SMILES string of the molecule is Nc1ccccc1Cc1ccc2c(c1)OCO2. The van der Waals surface area contributed by atoms with E-state index < -0.39 is 0 Å². The zero-order valence-electron chi connectivity index (χ0n) is 9.35. The van der Waals surface area contributed by atoms with Crippen LogP contribution in [0, 0.1) is 0 Å². The molecule has 0 saturated carbocycles. The van der Waals surface area contributed by atoms with E-state index in [4.69, 9.17) is 15.2 Å². The van der Waals surface area contributed by atoms with Gasteiger partial charge in [-0.15, -0.1) is 0 Å². The van der Waals surface area contributed by atoms with Gasteiger partial charge in [0.05, 0.1) is 0 Å². The summed E-state index contributed by atoms with van der Waals surface area (Å²) in [5, 5.41) is 0. The molecule has 0 spiro atoms. The molecular weight excluding hydrogens is 214 g/mol. The van der Waals surface area contributed by atoms with Crippen LogP contribution in [0.25, 0.3) is 0 Å². The molecule has 0 aromatic heterocycles. The number of ether oxygens (including phenoxy) is 2. The van der Waals surface area contributed by atoms with Gasteiger partial charge in [0.2, 0.25) is 6.79 Å². The fourth-order valence-corrected chi connectivity index (χ4v) is 1.97. The van der Waals surface area contributed by atoms with Crippen molar-refractivity contribution in [3.05, 3.63) is 53.6 Å². The molecule has 0 fully saturated rings. The van der Waals surface area contributed by atoms with Gasteiger partial charge >= 0.3 is 0 Å². The van der Waals surface area contributed by atoms with Crippen LogP contribution in [0.5, 0.6) is 11.5 Å². The minimum atomic E-state index is 0.312. The highest BCUT2D eigenvalue weighted by atomic mass is 16.7. The molecule has 1 heterocycles. The first-order chi connectivity index (χ1) is 8.33. The first-order valence-corrected chi connectivity index (χ1v) is 5.55. The first kappa shape index (κ1) is 10.0. The van der Waals surface area contributed by atoms with E-state index in [1.807, 2.05) is 42.5 Å². The third-order valence-corrected chi connectivity index (χ3v) is 2.89. The van der Waals surface area contributed by atoms with E-state index >= 15 is 0 Å². The number of benzene rings is 2. The number of nitrogens with two attached hydrogens (primary N) is 1. The Morgan fingerprint density at radius 3 is 2.71 bits per heavy atom. The number of hydrogen-bond acceptors (Lipinski definition) is 3. The van der Waals surface area contributed by atoms with Crippen LogP contribution in [0.2, 0.25) is 0 Å². The van der Waals surface area contributed by atoms with E-state index in [2.05, 4.69) is 0 Å². The Kier molecular flexibility index (Phi) is 2.37. The van der Waals surface area contributed by atoms with Crippen molar-refractivity contribution in [3.63, 3.8) is 0 Å².